The molecule has 1 N–H and O–H groups in total. The van der Waals surface area contributed by atoms with E-state index < -0.39 is 51.9 Å². The third-order valence-electron chi connectivity index (χ3n) is 6.57. The predicted octanol–water partition coefficient (Wildman–Crippen LogP) is 5.93. The molecule has 3 rings (SSSR count). The Kier molecular flexibility index (Phi) is 11.4. The Hall–Kier alpha value is -3.57. The number of nitrogens with zero attached hydrogens (tertiary/aromatic N) is 2. The molecule has 0 fully saturated rings. The summed E-state index contributed by atoms with van der Waals surface area (Å²) >= 11 is 6.27. The molecule has 0 heterocycles. The molecule has 1 atom stereocenters. The van der Waals surface area contributed by atoms with Gasteiger partial charge in [-0.3, -0.25) is 13.9 Å². The van der Waals surface area contributed by atoms with E-state index in [0.29, 0.717) is 29.8 Å². The van der Waals surface area contributed by atoms with Gasteiger partial charge in [-0.25, -0.2) is 8.42 Å². The first-order valence-electron chi connectivity index (χ1n) is 13.5. The van der Waals surface area contributed by atoms with E-state index in [-0.39, 0.29) is 22.9 Å². The minimum Gasteiger partial charge on any atom is -0.354 e. The van der Waals surface area contributed by atoms with Crippen molar-refractivity contribution in [1.82, 2.24) is 10.2 Å². The molecular weight excluding hydrogens is 591 g/mol. The SMILES string of the molecule is CCCNC(=O)[C@H](CC)N(CCc1ccccc1)C(=O)CN(c1cc(C(F)(F)F)ccc1Cl)S(=O)(=O)c1ccccc1. The average Bonchev–Trinajstić information content (AvgIpc) is 2.97. The fourth-order valence-electron chi connectivity index (χ4n) is 4.38. The summed E-state index contributed by atoms with van der Waals surface area (Å²) in [6.07, 6.45) is -3.54. The second-order valence-electron chi connectivity index (χ2n) is 9.53. The van der Waals surface area contributed by atoms with Gasteiger partial charge in [-0.2, -0.15) is 13.2 Å². The first kappa shape index (κ1) is 32.9. The highest BCUT2D eigenvalue weighted by atomic mass is 35.5. The quantitative estimate of drug-likeness (QED) is 0.256. The van der Waals surface area contributed by atoms with Crippen molar-refractivity contribution in [2.45, 2.75) is 50.2 Å². The largest absolute Gasteiger partial charge is 0.416 e. The Morgan fingerprint density at radius 3 is 2.14 bits per heavy atom. The number of nitrogens with one attached hydrogen (secondary N) is 1. The van der Waals surface area contributed by atoms with Gasteiger partial charge < -0.3 is 10.2 Å². The van der Waals surface area contributed by atoms with Gasteiger partial charge in [-0.1, -0.05) is 74.0 Å². The topological polar surface area (TPSA) is 86.8 Å². The molecule has 0 saturated carbocycles. The van der Waals surface area contributed by atoms with Crippen molar-refractivity contribution in [3.63, 3.8) is 0 Å². The minimum atomic E-state index is -4.79. The van der Waals surface area contributed by atoms with Crippen molar-refractivity contribution in [2.75, 3.05) is 23.9 Å². The van der Waals surface area contributed by atoms with Gasteiger partial charge in [0.25, 0.3) is 10.0 Å². The van der Waals surface area contributed by atoms with Crippen LogP contribution in [-0.4, -0.2) is 50.8 Å². The van der Waals surface area contributed by atoms with Gasteiger partial charge in [-0.05, 0) is 55.2 Å². The van der Waals surface area contributed by atoms with Crippen LogP contribution >= 0.6 is 11.6 Å². The van der Waals surface area contributed by atoms with Gasteiger partial charge in [0.1, 0.15) is 12.6 Å². The van der Waals surface area contributed by atoms with Gasteiger partial charge >= 0.3 is 6.18 Å². The van der Waals surface area contributed by atoms with Crippen molar-refractivity contribution in [1.29, 1.82) is 0 Å². The number of halogens is 4. The van der Waals surface area contributed by atoms with Crippen LogP contribution in [0.1, 0.15) is 37.8 Å². The zero-order valence-electron chi connectivity index (χ0n) is 23.3. The summed E-state index contributed by atoms with van der Waals surface area (Å²) in [5.74, 6) is -1.17. The lowest BCUT2D eigenvalue weighted by Crippen LogP contribution is -2.53. The Bertz CT molecular complexity index is 1460. The molecule has 3 aromatic carbocycles. The molecule has 0 aliphatic rings. The van der Waals surface area contributed by atoms with Gasteiger partial charge in [0, 0.05) is 13.1 Å². The van der Waals surface area contributed by atoms with E-state index in [1.54, 1.807) is 13.0 Å². The van der Waals surface area contributed by atoms with Gasteiger partial charge in [-0.15, -0.1) is 0 Å². The summed E-state index contributed by atoms with van der Waals surface area (Å²) < 4.78 is 69.2. The van der Waals surface area contributed by atoms with Crippen LogP contribution in [0.3, 0.4) is 0 Å². The molecule has 0 bridgehead atoms. The summed E-state index contributed by atoms with van der Waals surface area (Å²) in [5, 5.41) is 2.49. The number of hydrogen-bond acceptors (Lipinski definition) is 4. The molecular formula is C30H33ClF3N3O4S. The van der Waals surface area contributed by atoms with Crippen LogP contribution in [0.2, 0.25) is 5.02 Å². The molecule has 7 nitrogen and oxygen atoms in total. The highest BCUT2D eigenvalue weighted by Crippen LogP contribution is 2.37. The van der Waals surface area contributed by atoms with E-state index in [1.807, 2.05) is 37.3 Å². The van der Waals surface area contributed by atoms with Gasteiger partial charge in [0.15, 0.2) is 0 Å². The van der Waals surface area contributed by atoms with Crippen LogP contribution in [0.25, 0.3) is 0 Å². The monoisotopic (exact) mass is 623 g/mol. The van der Waals surface area contributed by atoms with E-state index >= 15 is 0 Å². The van der Waals surface area contributed by atoms with Crippen molar-refractivity contribution in [3.8, 4) is 0 Å². The molecule has 0 saturated heterocycles. The molecule has 0 spiro atoms. The maximum absolute atomic E-state index is 14.0. The Morgan fingerprint density at radius 1 is 0.952 bits per heavy atom. The van der Waals surface area contributed by atoms with E-state index in [9.17, 15) is 31.2 Å². The Labute approximate surface area is 249 Å². The second-order valence-corrected chi connectivity index (χ2v) is 11.8. The van der Waals surface area contributed by atoms with Crippen LogP contribution < -0.4 is 9.62 Å². The molecule has 3 aromatic rings. The molecule has 42 heavy (non-hydrogen) atoms. The van der Waals surface area contributed by atoms with E-state index in [0.717, 1.165) is 17.7 Å². The molecule has 0 aliphatic carbocycles. The summed E-state index contributed by atoms with van der Waals surface area (Å²) in [6.45, 7) is 3.16. The average molecular weight is 624 g/mol. The zero-order valence-corrected chi connectivity index (χ0v) is 24.8. The summed E-state index contributed by atoms with van der Waals surface area (Å²) in [4.78, 5) is 28.1. The first-order valence-corrected chi connectivity index (χ1v) is 15.3. The van der Waals surface area contributed by atoms with Gasteiger partial charge in [0.2, 0.25) is 11.8 Å². The number of rotatable bonds is 13. The normalized spacial score (nSPS) is 12.4. The number of alkyl halides is 3. The fourth-order valence-corrected chi connectivity index (χ4v) is 6.09. The molecule has 226 valence electrons. The highest BCUT2D eigenvalue weighted by Gasteiger charge is 2.36. The standard InChI is InChI=1S/C30H33ClF3N3O4S/c1-3-18-35-29(39)26(4-2)36(19-17-22-11-7-5-8-12-22)28(38)21-37(42(40,41)24-13-9-6-10-14-24)27-20-23(30(32,33)34)15-16-25(27)31/h5-16,20,26H,3-4,17-19,21H2,1-2H3,(H,35,39)/t26-/m0/s1. The summed E-state index contributed by atoms with van der Waals surface area (Å²) in [6, 6.07) is 17.6. The smallest absolute Gasteiger partial charge is 0.354 e. The van der Waals surface area contributed by atoms with Crippen LogP contribution in [-0.2, 0) is 32.2 Å². The van der Waals surface area contributed by atoms with Crippen LogP contribution in [0, 0.1) is 0 Å². The molecule has 2 amide bonds. The number of carbonyl (C=O) groups is 2. The van der Waals surface area contributed by atoms with Crippen molar-refractivity contribution >= 4 is 39.1 Å². The zero-order chi connectivity index (χ0) is 30.9. The Morgan fingerprint density at radius 2 is 1.57 bits per heavy atom. The van der Waals surface area contributed by atoms with Crippen LogP contribution in [0.15, 0.2) is 83.8 Å². The lowest BCUT2D eigenvalue weighted by Gasteiger charge is -2.33. The molecule has 12 heteroatoms. The molecule has 0 aliphatic heterocycles. The van der Waals surface area contributed by atoms with Crippen LogP contribution in [0.4, 0.5) is 18.9 Å². The van der Waals surface area contributed by atoms with Crippen molar-refractivity contribution in [2.24, 2.45) is 0 Å². The fraction of sp³-hybridized carbons (Fsp3) is 0.333. The Balaban J connectivity index is 2.09. The maximum Gasteiger partial charge on any atom is 0.416 e. The number of sulfonamides is 1. The number of carbonyl (C=O) groups excluding carboxylic acids is 2. The van der Waals surface area contributed by atoms with Crippen molar-refractivity contribution in [3.05, 3.63) is 95.0 Å². The lowest BCUT2D eigenvalue weighted by atomic mass is 10.1. The molecule has 0 radical (unpaired) electrons. The first-order chi connectivity index (χ1) is 19.9. The third-order valence-corrected chi connectivity index (χ3v) is 8.67. The summed E-state index contributed by atoms with van der Waals surface area (Å²) in [5.41, 5.74) is -0.752. The third kappa shape index (κ3) is 8.25. The number of amides is 2. The maximum atomic E-state index is 14.0. The number of hydrogen-bond donors (Lipinski definition) is 1. The molecule has 0 aromatic heterocycles. The molecule has 0 unspecified atom stereocenters. The summed E-state index contributed by atoms with van der Waals surface area (Å²) in [7, 11) is -4.57. The van der Waals surface area contributed by atoms with Crippen LogP contribution in [0.5, 0.6) is 0 Å². The van der Waals surface area contributed by atoms with Gasteiger partial charge in [0.05, 0.1) is 21.2 Å². The van der Waals surface area contributed by atoms with Crippen molar-refractivity contribution < 1.29 is 31.2 Å². The predicted molar refractivity (Wildman–Crippen MR) is 157 cm³/mol. The number of anilines is 1. The van der Waals surface area contributed by atoms with E-state index in [4.69, 9.17) is 11.6 Å². The highest BCUT2D eigenvalue weighted by molar-refractivity contribution is 7.92. The lowest BCUT2D eigenvalue weighted by molar-refractivity contribution is -0.139. The van der Waals surface area contributed by atoms with E-state index in [2.05, 4.69) is 5.32 Å². The number of benzene rings is 3. The van der Waals surface area contributed by atoms with E-state index in [1.165, 1.54) is 29.2 Å². The second kappa shape index (κ2) is 14.6. The minimum absolute atomic E-state index is 0.0659.